The lowest BCUT2D eigenvalue weighted by molar-refractivity contribution is -0.145. The van der Waals surface area contributed by atoms with Gasteiger partial charge in [0.2, 0.25) is 0 Å². The first-order valence-electron chi connectivity index (χ1n) is 18.9. The molecule has 1 aromatic carbocycles. The number of carbonyl (C=O) groups excluding carboxylic acids is 1. The number of nitrogens with two attached hydrogens (primary N) is 1. The summed E-state index contributed by atoms with van der Waals surface area (Å²) in [4.78, 5) is 11.9. The molecule has 286 valence electrons. The Hall–Kier alpha value is -1.99. The highest BCUT2D eigenvalue weighted by Crippen LogP contribution is 2.14. The smallest absolute Gasteiger partial charge is 0.305 e. The predicted molar refractivity (Wildman–Crippen MR) is 193 cm³/mol. The minimum atomic E-state index is -0.131. The van der Waals surface area contributed by atoms with E-state index in [0.29, 0.717) is 118 Å². The lowest BCUT2D eigenvalue weighted by Crippen LogP contribution is -2.15. The third-order valence-electron chi connectivity index (χ3n) is 7.58. The van der Waals surface area contributed by atoms with Gasteiger partial charge in [-0.1, -0.05) is 84.0 Å². The summed E-state index contributed by atoms with van der Waals surface area (Å²) in [5, 5.41) is 0. The summed E-state index contributed by atoms with van der Waals surface area (Å²) in [5.41, 5.74) is 6.36. The van der Waals surface area contributed by atoms with Crippen LogP contribution in [0.4, 0.5) is 5.69 Å². The minimum absolute atomic E-state index is 0.131. The number of ether oxygens (including phenoxy) is 9. The zero-order valence-corrected chi connectivity index (χ0v) is 30.7. The Morgan fingerprint density at radius 2 is 0.776 bits per heavy atom. The maximum atomic E-state index is 11.9. The van der Waals surface area contributed by atoms with Crippen molar-refractivity contribution >= 4 is 11.7 Å². The maximum Gasteiger partial charge on any atom is 0.305 e. The van der Waals surface area contributed by atoms with Crippen LogP contribution >= 0.6 is 0 Å². The normalized spacial score (nSPS) is 11.3. The van der Waals surface area contributed by atoms with E-state index < -0.39 is 0 Å². The average Bonchev–Trinajstić information content (AvgIpc) is 3.11. The molecule has 0 radical (unpaired) electrons. The topological polar surface area (TPSA) is 126 Å². The Balaban J connectivity index is 1.66. The number of esters is 1. The van der Waals surface area contributed by atoms with Gasteiger partial charge >= 0.3 is 5.97 Å². The zero-order valence-electron chi connectivity index (χ0n) is 30.7. The van der Waals surface area contributed by atoms with Gasteiger partial charge in [-0.15, -0.1) is 0 Å². The van der Waals surface area contributed by atoms with E-state index in [0.717, 1.165) is 18.6 Å². The molecule has 0 aliphatic heterocycles. The third-order valence-corrected chi connectivity index (χ3v) is 7.58. The summed E-state index contributed by atoms with van der Waals surface area (Å²) in [5.74, 6) is 0.641. The van der Waals surface area contributed by atoms with Gasteiger partial charge in [0.05, 0.1) is 92.5 Å². The SMILES string of the molecule is CCCCCCCCCCCCCCCC(=O)OCCOCCOCCOCCOCCOCCOCCOCCOc1ccc(N)cc1. The standard InChI is InChI=1S/C38H69NO10/c1-2-3-4-5-6-7-8-9-10-11-12-13-14-15-38(40)49-35-33-47-31-29-45-27-25-43-23-21-41-20-22-42-24-26-44-28-30-46-32-34-48-37-18-16-36(39)17-19-37/h16-19H,2-15,20-35,39H2,1H3. The minimum Gasteiger partial charge on any atom is -0.491 e. The molecule has 0 unspecified atom stereocenters. The van der Waals surface area contributed by atoms with Crippen molar-refractivity contribution in [1.82, 2.24) is 0 Å². The number of nitrogen functional groups attached to an aromatic ring is 1. The molecule has 0 saturated heterocycles. The molecule has 11 nitrogen and oxygen atoms in total. The monoisotopic (exact) mass is 699 g/mol. The van der Waals surface area contributed by atoms with Gasteiger partial charge in [-0.2, -0.15) is 0 Å². The number of benzene rings is 1. The van der Waals surface area contributed by atoms with Gasteiger partial charge in [-0.25, -0.2) is 0 Å². The summed E-state index contributed by atoms with van der Waals surface area (Å²) < 4.78 is 49.2. The highest BCUT2D eigenvalue weighted by Gasteiger charge is 2.03. The first kappa shape index (κ1) is 45.0. The van der Waals surface area contributed by atoms with Crippen molar-refractivity contribution < 1.29 is 47.4 Å². The van der Waals surface area contributed by atoms with Crippen LogP contribution in [0.3, 0.4) is 0 Å². The second-order valence-electron chi connectivity index (χ2n) is 11.9. The predicted octanol–water partition coefficient (Wildman–Crippen LogP) is 6.79. The van der Waals surface area contributed by atoms with Gasteiger partial charge in [0, 0.05) is 12.1 Å². The number of rotatable bonds is 39. The molecule has 2 N–H and O–H groups in total. The second-order valence-corrected chi connectivity index (χ2v) is 11.9. The van der Waals surface area contributed by atoms with Crippen LogP contribution < -0.4 is 10.5 Å². The van der Waals surface area contributed by atoms with E-state index in [1.165, 1.54) is 70.6 Å². The Bertz CT molecular complexity index is 814. The van der Waals surface area contributed by atoms with Crippen molar-refractivity contribution in [3.8, 4) is 5.75 Å². The van der Waals surface area contributed by atoms with Crippen molar-refractivity contribution in [2.45, 2.75) is 96.8 Å². The fraction of sp³-hybridized carbons (Fsp3) is 0.816. The Labute approximate surface area is 297 Å². The van der Waals surface area contributed by atoms with Crippen LogP contribution in [0.2, 0.25) is 0 Å². The molecule has 0 fully saturated rings. The van der Waals surface area contributed by atoms with Gasteiger partial charge < -0.3 is 48.4 Å². The average molecular weight is 700 g/mol. The first-order chi connectivity index (χ1) is 24.2. The molecule has 11 heteroatoms. The molecule has 0 amide bonds. The molecule has 1 rings (SSSR count). The molecule has 0 aliphatic carbocycles. The van der Waals surface area contributed by atoms with E-state index in [1.807, 2.05) is 12.1 Å². The molecule has 0 heterocycles. The van der Waals surface area contributed by atoms with E-state index in [1.54, 1.807) is 12.1 Å². The quantitative estimate of drug-likeness (QED) is 0.0444. The second kappa shape index (κ2) is 37.3. The number of hydrogen-bond donors (Lipinski definition) is 1. The molecule has 0 bridgehead atoms. The molecular formula is C38H69NO10. The Kier molecular flexibility index (Phi) is 34.3. The van der Waals surface area contributed by atoms with Crippen molar-refractivity contribution in [2.24, 2.45) is 0 Å². The number of carbonyl (C=O) groups is 1. The van der Waals surface area contributed by atoms with Gasteiger partial charge in [-0.05, 0) is 30.7 Å². The van der Waals surface area contributed by atoms with Crippen molar-refractivity contribution in [3.05, 3.63) is 24.3 Å². The third kappa shape index (κ3) is 34.2. The van der Waals surface area contributed by atoms with E-state index in [9.17, 15) is 4.79 Å². The van der Waals surface area contributed by atoms with Crippen LogP contribution in [-0.4, -0.2) is 112 Å². The molecule has 0 spiro atoms. The van der Waals surface area contributed by atoms with Gasteiger partial charge in [0.25, 0.3) is 0 Å². The van der Waals surface area contributed by atoms with E-state index in [4.69, 9.17) is 48.4 Å². The van der Waals surface area contributed by atoms with Crippen LogP contribution in [0.25, 0.3) is 0 Å². The van der Waals surface area contributed by atoms with Gasteiger partial charge in [-0.3, -0.25) is 4.79 Å². The van der Waals surface area contributed by atoms with Crippen molar-refractivity contribution in [2.75, 3.05) is 111 Å². The van der Waals surface area contributed by atoms with Crippen molar-refractivity contribution in [1.29, 1.82) is 0 Å². The lowest BCUT2D eigenvalue weighted by atomic mass is 10.0. The Morgan fingerprint density at radius 1 is 0.449 bits per heavy atom. The fourth-order valence-corrected chi connectivity index (χ4v) is 4.78. The molecular weight excluding hydrogens is 630 g/mol. The summed E-state index contributed by atoms with van der Waals surface area (Å²) in [6.45, 7) is 9.85. The van der Waals surface area contributed by atoms with E-state index >= 15 is 0 Å². The van der Waals surface area contributed by atoms with Crippen molar-refractivity contribution in [3.63, 3.8) is 0 Å². The Morgan fingerprint density at radius 3 is 1.16 bits per heavy atom. The number of unbranched alkanes of at least 4 members (excludes halogenated alkanes) is 12. The fourth-order valence-electron chi connectivity index (χ4n) is 4.78. The van der Waals surface area contributed by atoms with Crippen LogP contribution in [-0.2, 0) is 42.7 Å². The molecule has 49 heavy (non-hydrogen) atoms. The zero-order chi connectivity index (χ0) is 35.1. The first-order valence-corrected chi connectivity index (χ1v) is 18.9. The van der Waals surface area contributed by atoms with E-state index in [-0.39, 0.29) is 5.97 Å². The molecule has 1 aromatic rings. The summed E-state index contributed by atoms with van der Waals surface area (Å²) in [7, 11) is 0. The largest absolute Gasteiger partial charge is 0.491 e. The lowest BCUT2D eigenvalue weighted by Gasteiger charge is -2.09. The highest BCUT2D eigenvalue weighted by atomic mass is 16.6. The summed E-state index contributed by atoms with van der Waals surface area (Å²) in [6.07, 6.45) is 17.3. The highest BCUT2D eigenvalue weighted by molar-refractivity contribution is 5.69. The molecule has 0 aliphatic rings. The van der Waals surface area contributed by atoms with Crippen LogP contribution in [0.15, 0.2) is 24.3 Å². The molecule has 0 saturated carbocycles. The number of anilines is 1. The van der Waals surface area contributed by atoms with Gasteiger partial charge in [0.1, 0.15) is 19.0 Å². The van der Waals surface area contributed by atoms with Crippen LogP contribution in [0.5, 0.6) is 5.75 Å². The van der Waals surface area contributed by atoms with Crippen LogP contribution in [0.1, 0.15) is 96.8 Å². The van der Waals surface area contributed by atoms with Crippen LogP contribution in [0, 0.1) is 0 Å². The molecule has 0 aromatic heterocycles. The summed E-state index contributed by atoms with van der Waals surface area (Å²) in [6, 6.07) is 7.27. The summed E-state index contributed by atoms with van der Waals surface area (Å²) >= 11 is 0. The molecule has 0 atom stereocenters. The van der Waals surface area contributed by atoms with Gasteiger partial charge in [0.15, 0.2) is 0 Å². The maximum absolute atomic E-state index is 11.9. The van der Waals surface area contributed by atoms with E-state index in [2.05, 4.69) is 6.92 Å². The number of hydrogen-bond acceptors (Lipinski definition) is 11.